The highest BCUT2D eigenvalue weighted by Gasteiger charge is 2.03. The molecule has 1 aromatic rings. The van der Waals surface area contributed by atoms with Crippen molar-refractivity contribution in [1.29, 1.82) is 5.26 Å². The predicted molar refractivity (Wildman–Crippen MR) is 66.6 cm³/mol. The molecule has 0 unspecified atom stereocenters. The van der Waals surface area contributed by atoms with E-state index in [0.717, 1.165) is 0 Å². The summed E-state index contributed by atoms with van der Waals surface area (Å²) in [5.74, 6) is -0.411. The third-order valence-corrected chi connectivity index (χ3v) is 2.24. The zero-order valence-electron chi connectivity index (χ0n) is 9.98. The van der Waals surface area contributed by atoms with E-state index in [-0.39, 0.29) is 18.2 Å². The Hall–Kier alpha value is -2.35. The Morgan fingerprint density at radius 3 is 2.44 bits per heavy atom. The van der Waals surface area contributed by atoms with E-state index in [1.54, 1.807) is 30.3 Å². The second-order valence-electron chi connectivity index (χ2n) is 3.66. The van der Waals surface area contributed by atoms with Crippen LogP contribution in [-0.2, 0) is 4.79 Å². The van der Waals surface area contributed by atoms with Gasteiger partial charge in [0.15, 0.2) is 0 Å². The molecule has 0 radical (unpaired) electrons. The standard InChI is InChI=1S/C13H15N3O2/c14-8-7-12(17)15-9-4-10-16-13(18)11-5-2-1-3-6-11/h1-3,5-6H,4,7,9-10H2,(H,15,17)(H,16,18). The van der Waals surface area contributed by atoms with E-state index in [2.05, 4.69) is 10.6 Å². The first-order valence-electron chi connectivity index (χ1n) is 5.71. The minimum Gasteiger partial charge on any atom is -0.355 e. The summed E-state index contributed by atoms with van der Waals surface area (Å²) in [6.45, 7) is 0.941. The van der Waals surface area contributed by atoms with Gasteiger partial charge in [-0.3, -0.25) is 9.59 Å². The Labute approximate surface area is 106 Å². The molecule has 1 rings (SSSR count). The monoisotopic (exact) mass is 245 g/mol. The summed E-state index contributed by atoms with van der Waals surface area (Å²) in [5.41, 5.74) is 0.617. The lowest BCUT2D eigenvalue weighted by atomic mass is 10.2. The van der Waals surface area contributed by atoms with Gasteiger partial charge in [0.25, 0.3) is 5.91 Å². The van der Waals surface area contributed by atoms with Crippen molar-refractivity contribution in [3.63, 3.8) is 0 Å². The zero-order chi connectivity index (χ0) is 13.2. The average Bonchev–Trinajstić information content (AvgIpc) is 2.39. The van der Waals surface area contributed by atoms with Gasteiger partial charge in [0, 0.05) is 18.7 Å². The quantitative estimate of drug-likeness (QED) is 0.728. The maximum Gasteiger partial charge on any atom is 0.251 e. The van der Waals surface area contributed by atoms with Gasteiger partial charge in [0.2, 0.25) is 5.91 Å². The summed E-state index contributed by atoms with van der Waals surface area (Å²) in [6, 6.07) is 10.7. The fourth-order valence-electron chi connectivity index (χ4n) is 1.34. The molecule has 0 saturated heterocycles. The molecule has 0 aromatic heterocycles. The van der Waals surface area contributed by atoms with Gasteiger partial charge in [-0.1, -0.05) is 18.2 Å². The maximum atomic E-state index is 11.6. The van der Waals surface area contributed by atoms with Gasteiger partial charge >= 0.3 is 0 Å². The third-order valence-electron chi connectivity index (χ3n) is 2.24. The molecule has 0 spiro atoms. The molecule has 0 fully saturated rings. The number of benzene rings is 1. The highest BCUT2D eigenvalue weighted by atomic mass is 16.2. The average molecular weight is 245 g/mol. The van der Waals surface area contributed by atoms with Crippen molar-refractivity contribution >= 4 is 11.8 Å². The number of hydrogen-bond acceptors (Lipinski definition) is 3. The molecule has 0 saturated carbocycles. The first kappa shape index (κ1) is 13.7. The van der Waals surface area contributed by atoms with Crippen LogP contribution in [0.5, 0.6) is 0 Å². The molecule has 1 aromatic carbocycles. The second kappa shape index (κ2) is 7.85. The molecule has 0 aliphatic rings. The van der Waals surface area contributed by atoms with Crippen LogP contribution < -0.4 is 10.6 Å². The Morgan fingerprint density at radius 2 is 1.78 bits per heavy atom. The zero-order valence-corrected chi connectivity index (χ0v) is 9.98. The van der Waals surface area contributed by atoms with Gasteiger partial charge in [-0.05, 0) is 18.6 Å². The second-order valence-corrected chi connectivity index (χ2v) is 3.66. The first-order valence-corrected chi connectivity index (χ1v) is 5.71. The van der Waals surface area contributed by atoms with E-state index in [0.29, 0.717) is 25.1 Å². The Balaban J connectivity index is 2.14. The summed E-state index contributed by atoms with van der Waals surface area (Å²) in [6.07, 6.45) is 0.506. The Morgan fingerprint density at radius 1 is 1.11 bits per heavy atom. The van der Waals surface area contributed by atoms with Crippen LogP contribution >= 0.6 is 0 Å². The fraction of sp³-hybridized carbons (Fsp3) is 0.308. The van der Waals surface area contributed by atoms with Crippen molar-refractivity contribution in [3.8, 4) is 6.07 Å². The molecule has 18 heavy (non-hydrogen) atoms. The number of nitrogens with one attached hydrogen (secondary N) is 2. The maximum absolute atomic E-state index is 11.6. The van der Waals surface area contributed by atoms with Crippen LogP contribution in [-0.4, -0.2) is 24.9 Å². The highest BCUT2D eigenvalue weighted by Crippen LogP contribution is 1.97. The van der Waals surface area contributed by atoms with Gasteiger partial charge in [-0.25, -0.2) is 0 Å². The largest absolute Gasteiger partial charge is 0.355 e. The summed E-state index contributed by atoms with van der Waals surface area (Å²) in [4.78, 5) is 22.5. The minimum atomic E-state index is -0.285. The van der Waals surface area contributed by atoms with Crippen molar-refractivity contribution in [2.45, 2.75) is 12.8 Å². The number of nitriles is 1. The number of carbonyl (C=O) groups excluding carboxylic acids is 2. The number of amides is 2. The normalized spacial score (nSPS) is 9.28. The smallest absolute Gasteiger partial charge is 0.251 e. The molecule has 5 heteroatoms. The van der Waals surface area contributed by atoms with Crippen LogP contribution in [0.15, 0.2) is 30.3 Å². The summed E-state index contributed by atoms with van der Waals surface area (Å²) in [7, 11) is 0. The highest BCUT2D eigenvalue weighted by molar-refractivity contribution is 5.94. The molecule has 2 amide bonds. The molecular weight excluding hydrogens is 230 g/mol. The van der Waals surface area contributed by atoms with E-state index < -0.39 is 0 Å². The molecule has 0 bridgehead atoms. The van der Waals surface area contributed by atoms with E-state index in [4.69, 9.17) is 5.26 Å². The number of rotatable bonds is 6. The lowest BCUT2D eigenvalue weighted by Crippen LogP contribution is -2.29. The van der Waals surface area contributed by atoms with Crippen molar-refractivity contribution in [3.05, 3.63) is 35.9 Å². The van der Waals surface area contributed by atoms with Crippen LogP contribution in [0.1, 0.15) is 23.2 Å². The SMILES string of the molecule is N#CCC(=O)NCCCNC(=O)c1ccccc1. The van der Waals surface area contributed by atoms with Crippen LogP contribution in [0, 0.1) is 11.3 Å². The van der Waals surface area contributed by atoms with Crippen LogP contribution in [0.25, 0.3) is 0 Å². The molecule has 94 valence electrons. The molecule has 0 aliphatic carbocycles. The van der Waals surface area contributed by atoms with Crippen molar-refractivity contribution in [1.82, 2.24) is 10.6 Å². The first-order chi connectivity index (χ1) is 8.74. The van der Waals surface area contributed by atoms with Crippen LogP contribution in [0.3, 0.4) is 0 Å². The van der Waals surface area contributed by atoms with Gasteiger partial charge in [-0.2, -0.15) is 5.26 Å². The molecule has 0 atom stereocenters. The van der Waals surface area contributed by atoms with Gasteiger partial charge in [0.1, 0.15) is 6.42 Å². The lowest BCUT2D eigenvalue weighted by Gasteiger charge is -2.05. The van der Waals surface area contributed by atoms with E-state index in [1.807, 2.05) is 6.07 Å². The predicted octanol–water partition coefficient (Wildman–Crippen LogP) is 0.836. The van der Waals surface area contributed by atoms with E-state index >= 15 is 0 Å². The Kier molecular flexibility index (Phi) is 5.98. The lowest BCUT2D eigenvalue weighted by molar-refractivity contribution is -0.120. The van der Waals surface area contributed by atoms with Crippen LogP contribution in [0.4, 0.5) is 0 Å². The summed E-state index contributed by atoms with van der Waals surface area (Å²) in [5, 5.41) is 13.6. The number of hydrogen-bond donors (Lipinski definition) is 2. The van der Waals surface area contributed by atoms with Crippen molar-refractivity contribution in [2.75, 3.05) is 13.1 Å². The number of nitrogens with zero attached hydrogens (tertiary/aromatic N) is 1. The number of carbonyl (C=O) groups is 2. The molecule has 5 nitrogen and oxygen atoms in total. The summed E-state index contributed by atoms with van der Waals surface area (Å²) < 4.78 is 0. The minimum absolute atomic E-state index is 0.126. The van der Waals surface area contributed by atoms with Crippen molar-refractivity contribution < 1.29 is 9.59 Å². The molecule has 2 N–H and O–H groups in total. The van der Waals surface area contributed by atoms with Gasteiger partial charge in [-0.15, -0.1) is 0 Å². The summed E-state index contributed by atoms with van der Waals surface area (Å²) >= 11 is 0. The Bertz CT molecular complexity index is 437. The third kappa shape index (κ3) is 5.12. The van der Waals surface area contributed by atoms with E-state index in [9.17, 15) is 9.59 Å². The van der Waals surface area contributed by atoms with Crippen LogP contribution in [0.2, 0.25) is 0 Å². The van der Waals surface area contributed by atoms with Gasteiger partial charge < -0.3 is 10.6 Å². The van der Waals surface area contributed by atoms with E-state index in [1.165, 1.54) is 0 Å². The van der Waals surface area contributed by atoms with Gasteiger partial charge in [0.05, 0.1) is 6.07 Å². The molecule has 0 heterocycles. The fourth-order valence-corrected chi connectivity index (χ4v) is 1.34. The van der Waals surface area contributed by atoms with Crippen molar-refractivity contribution in [2.24, 2.45) is 0 Å². The topological polar surface area (TPSA) is 82.0 Å². The molecule has 0 aliphatic heterocycles. The molecular formula is C13H15N3O2.